The second-order valence-corrected chi connectivity index (χ2v) is 3.09. The minimum Gasteiger partial charge on any atom is -0.0991 e. The van der Waals surface area contributed by atoms with Gasteiger partial charge in [0.05, 0.1) is 0 Å². The first-order valence-corrected chi connectivity index (χ1v) is 5.39. The monoisotopic (exact) mass is 220 g/mol. The van der Waals surface area contributed by atoms with Crippen molar-refractivity contribution >= 4 is 0 Å². The number of hydrogen-bond acceptors (Lipinski definition) is 0. The topological polar surface area (TPSA) is 0 Å². The second-order valence-electron chi connectivity index (χ2n) is 3.09. The van der Waals surface area contributed by atoms with Crippen molar-refractivity contribution in [3.8, 4) is 0 Å². The van der Waals surface area contributed by atoms with Gasteiger partial charge >= 0.3 is 0 Å². The molecule has 0 aliphatic carbocycles. The highest BCUT2D eigenvalue weighted by Crippen LogP contribution is 2.15. The highest BCUT2D eigenvalue weighted by atomic mass is 14.0. The smallest absolute Gasteiger partial charge is 0.0241 e. The van der Waals surface area contributed by atoms with Crippen LogP contribution in [0.1, 0.15) is 42.0 Å². The summed E-state index contributed by atoms with van der Waals surface area (Å²) in [4.78, 5) is 0. The van der Waals surface area contributed by atoms with Gasteiger partial charge in [0.15, 0.2) is 0 Å². The first kappa shape index (κ1) is 20.2. The van der Waals surface area contributed by atoms with E-state index in [1.807, 2.05) is 26.0 Å². The molecule has 0 radical (unpaired) electrons. The largest absolute Gasteiger partial charge is 0.0991 e. The molecule has 0 heteroatoms. The van der Waals surface area contributed by atoms with Crippen LogP contribution in [0, 0.1) is 0 Å². The number of rotatable bonds is 4. The summed E-state index contributed by atoms with van der Waals surface area (Å²) in [6.45, 7) is 17.6. The van der Waals surface area contributed by atoms with Crippen molar-refractivity contribution in [1.29, 1.82) is 0 Å². The van der Waals surface area contributed by atoms with Crippen molar-refractivity contribution < 1.29 is 0 Å². The third-order valence-electron chi connectivity index (χ3n) is 1.73. The molecule has 0 spiro atoms. The van der Waals surface area contributed by atoms with Gasteiger partial charge in [-0.2, -0.15) is 0 Å². The molecule has 0 saturated carbocycles. The van der Waals surface area contributed by atoms with Crippen LogP contribution in [0.15, 0.2) is 60.3 Å². The molecule has 0 atom stereocenters. The van der Waals surface area contributed by atoms with Gasteiger partial charge < -0.3 is 0 Å². The molecule has 92 valence electrons. The molecule has 0 fully saturated rings. The Labute approximate surface area is 103 Å². The van der Waals surface area contributed by atoms with Gasteiger partial charge in [-0.15, -0.1) is 0 Å². The molecule has 0 saturated heterocycles. The van der Waals surface area contributed by atoms with Crippen LogP contribution in [0.5, 0.6) is 0 Å². The Morgan fingerprint density at radius 1 is 0.938 bits per heavy atom. The maximum absolute atomic E-state index is 3.68. The quantitative estimate of drug-likeness (QED) is 0.520. The zero-order chi connectivity index (χ0) is 12.3. The summed E-state index contributed by atoms with van der Waals surface area (Å²) < 4.78 is 0. The molecule has 0 amide bonds. The molecular formula is C16H28. The van der Waals surface area contributed by atoms with Crippen molar-refractivity contribution in [1.82, 2.24) is 0 Å². The zero-order valence-corrected chi connectivity index (χ0v) is 10.8. The summed E-state index contributed by atoms with van der Waals surface area (Å²) >= 11 is 0. The fourth-order valence-electron chi connectivity index (χ4n) is 1.12. The third-order valence-corrected chi connectivity index (χ3v) is 1.73. The van der Waals surface area contributed by atoms with E-state index in [1.54, 1.807) is 12.2 Å². The summed E-state index contributed by atoms with van der Waals surface area (Å²) in [7, 11) is 0. The van der Waals surface area contributed by atoms with E-state index in [-0.39, 0.29) is 7.43 Å². The molecule has 0 aromatic rings. The molecule has 0 heterocycles. The number of allylic oxidation sites excluding steroid dienone is 8. The summed E-state index contributed by atoms with van der Waals surface area (Å²) in [6.07, 6.45) is 9.61. The lowest BCUT2D eigenvalue weighted by Gasteiger charge is -2.04. The fraction of sp³-hybridized carbons (Fsp3) is 0.375. The molecule has 0 N–H and O–H groups in total. The minimum absolute atomic E-state index is 0. The van der Waals surface area contributed by atoms with Gasteiger partial charge in [-0.25, -0.2) is 0 Å². The van der Waals surface area contributed by atoms with E-state index in [4.69, 9.17) is 0 Å². The van der Waals surface area contributed by atoms with Gasteiger partial charge in [0.25, 0.3) is 0 Å². The van der Waals surface area contributed by atoms with Crippen LogP contribution >= 0.6 is 0 Å². The van der Waals surface area contributed by atoms with E-state index in [2.05, 4.69) is 40.0 Å². The molecular weight excluding hydrogens is 192 g/mol. The van der Waals surface area contributed by atoms with Crippen LogP contribution < -0.4 is 0 Å². The lowest BCUT2D eigenvalue weighted by molar-refractivity contribution is 1.28. The van der Waals surface area contributed by atoms with E-state index in [1.165, 1.54) is 16.7 Å². The molecule has 0 aromatic carbocycles. The van der Waals surface area contributed by atoms with Crippen molar-refractivity contribution in [2.24, 2.45) is 0 Å². The molecule has 0 aliphatic heterocycles. The molecule has 0 unspecified atom stereocenters. The SMILES string of the molecule is C.C=C/C=C\C(=C(C)C)/C(C)=C\C=C.CC. The van der Waals surface area contributed by atoms with Crippen LogP contribution in [0.3, 0.4) is 0 Å². The van der Waals surface area contributed by atoms with Gasteiger partial charge in [0, 0.05) is 0 Å². The Hall–Kier alpha value is -1.30. The summed E-state index contributed by atoms with van der Waals surface area (Å²) in [5.41, 5.74) is 3.78. The maximum atomic E-state index is 3.68. The Morgan fingerprint density at radius 3 is 1.75 bits per heavy atom. The average Bonchev–Trinajstić information content (AvgIpc) is 2.21. The van der Waals surface area contributed by atoms with E-state index in [9.17, 15) is 0 Å². The molecule has 0 aromatic heterocycles. The standard InChI is InChI=1S/C13H18.C2H6.CH4/c1-6-8-10-13(11(3)4)12(5)9-7-2;1-2;/h6-10H,1-2H2,3-5H3;1-2H3;1H4/b10-8-,12-9-;;. The van der Waals surface area contributed by atoms with Gasteiger partial charge in [-0.1, -0.05) is 70.4 Å². The summed E-state index contributed by atoms with van der Waals surface area (Å²) in [5.74, 6) is 0. The van der Waals surface area contributed by atoms with Gasteiger partial charge in [-0.3, -0.25) is 0 Å². The second kappa shape index (κ2) is 13.7. The van der Waals surface area contributed by atoms with Crippen molar-refractivity contribution in [3.05, 3.63) is 60.3 Å². The van der Waals surface area contributed by atoms with Crippen molar-refractivity contribution in [3.63, 3.8) is 0 Å². The minimum atomic E-state index is 0. The van der Waals surface area contributed by atoms with Gasteiger partial charge in [0.2, 0.25) is 0 Å². The normalized spacial score (nSPS) is 9.69. The molecule has 0 aliphatic rings. The van der Waals surface area contributed by atoms with Crippen LogP contribution in [-0.2, 0) is 0 Å². The van der Waals surface area contributed by atoms with E-state index in [0.717, 1.165) is 0 Å². The predicted molar refractivity (Wildman–Crippen MR) is 79.7 cm³/mol. The highest BCUT2D eigenvalue weighted by molar-refractivity contribution is 5.43. The van der Waals surface area contributed by atoms with E-state index >= 15 is 0 Å². The van der Waals surface area contributed by atoms with Gasteiger partial charge in [-0.05, 0) is 31.9 Å². The Kier molecular flexibility index (Phi) is 17.3. The Bertz CT molecular complexity index is 268. The first-order valence-electron chi connectivity index (χ1n) is 5.39. The van der Waals surface area contributed by atoms with E-state index < -0.39 is 0 Å². The van der Waals surface area contributed by atoms with Crippen LogP contribution in [0.25, 0.3) is 0 Å². The first-order chi connectivity index (χ1) is 7.13. The van der Waals surface area contributed by atoms with Crippen molar-refractivity contribution in [2.75, 3.05) is 0 Å². The molecule has 0 nitrogen and oxygen atoms in total. The fourth-order valence-corrected chi connectivity index (χ4v) is 1.12. The lowest BCUT2D eigenvalue weighted by atomic mass is 10.0. The van der Waals surface area contributed by atoms with Crippen LogP contribution in [0.2, 0.25) is 0 Å². The van der Waals surface area contributed by atoms with Crippen molar-refractivity contribution in [2.45, 2.75) is 42.0 Å². The Balaban J connectivity index is -0.000000529. The summed E-state index contributed by atoms with van der Waals surface area (Å²) in [5, 5.41) is 0. The van der Waals surface area contributed by atoms with Crippen LogP contribution in [-0.4, -0.2) is 0 Å². The number of hydrogen-bond donors (Lipinski definition) is 0. The zero-order valence-electron chi connectivity index (χ0n) is 10.8. The molecule has 16 heavy (non-hydrogen) atoms. The lowest BCUT2D eigenvalue weighted by Crippen LogP contribution is -1.84. The highest BCUT2D eigenvalue weighted by Gasteiger charge is 1.95. The summed E-state index contributed by atoms with van der Waals surface area (Å²) in [6, 6.07) is 0. The van der Waals surface area contributed by atoms with Crippen LogP contribution in [0.4, 0.5) is 0 Å². The average molecular weight is 220 g/mol. The molecule has 0 rings (SSSR count). The van der Waals surface area contributed by atoms with Gasteiger partial charge in [0.1, 0.15) is 0 Å². The van der Waals surface area contributed by atoms with E-state index in [0.29, 0.717) is 0 Å². The molecule has 0 bridgehead atoms. The predicted octanol–water partition coefficient (Wildman–Crippen LogP) is 5.86. The third kappa shape index (κ3) is 9.26. The Morgan fingerprint density at radius 2 is 1.44 bits per heavy atom. The maximum Gasteiger partial charge on any atom is -0.0241 e.